The van der Waals surface area contributed by atoms with E-state index in [0.717, 1.165) is 29.0 Å². The fourth-order valence-electron chi connectivity index (χ4n) is 1.68. The van der Waals surface area contributed by atoms with Crippen LogP contribution in [0.25, 0.3) is 11.4 Å². The Hall–Kier alpha value is -1.82. The minimum absolute atomic E-state index is 0.192. The molecule has 0 saturated carbocycles. The summed E-state index contributed by atoms with van der Waals surface area (Å²) in [4.78, 5) is 15.3. The molecule has 0 bridgehead atoms. The second-order valence-corrected chi connectivity index (χ2v) is 4.20. The zero-order valence-electron chi connectivity index (χ0n) is 9.70. The van der Waals surface area contributed by atoms with Gasteiger partial charge in [-0.3, -0.25) is 9.36 Å². The Kier molecular flexibility index (Phi) is 3.61. The number of benzene rings is 1. The van der Waals surface area contributed by atoms with Crippen molar-refractivity contribution in [1.82, 2.24) is 9.55 Å². The molecule has 0 aliphatic rings. The van der Waals surface area contributed by atoms with Gasteiger partial charge >= 0.3 is 0 Å². The van der Waals surface area contributed by atoms with Crippen LogP contribution >= 0.6 is 11.6 Å². The van der Waals surface area contributed by atoms with E-state index in [9.17, 15) is 18.0 Å². The molecule has 0 unspecified atom stereocenters. The predicted molar refractivity (Wildman–Crippen MR) is 64.8 cm³/mol. The Morgan fingerprint density at radius 2 is 2.00 bits per heavy atom. The number of rotatable bonds is 2. The predicted octanol–water partition coefficient (Wildman–Crippen LogP) is 3.18. The lowest BCUT2D eigenvalue weighted by molar-refractivity contribution is 0.151. The third-order valence-corrected chi connectivity index (χ3v) is 2.94. The second-order valence-electron chi connectivity index (χ2n) is 3.79. The monoisotopic (exact) mass is 288 g/mol. The van der Waals surface area contributed by atoms with Crippen LogP contribution in [0.5, 0.6) is 0 Å². The zero-order chi connectivity index (χ0) is 14.2. The van der Waals surface area contributed by atoms with Crippen molar-refractivity contribution in [1.29, 1.82) is 0 Å². The van der Waals surface area contributed by atoms with Crippen molar-refractivity contribution >= 4 is 11.6 Å². The molecule has 2 aromatic rings. The zero-order valence-corrected chi connectivity index (χ0v) is 10.5. The molecule has 1 heterocycles. The number of aromatic nitrogens is 2. The first-order valence-corrected chi connectivity index (χ1v) is 5.59. The maximum Gasteiger partial charge on any atom is 0.264 e. The fraction of sp³-hybridized carbons (Fsp3) is 0.167. The molecule has 0 N–H and O–H groups in total. The Labute approximate surface area is 111 Å². The van der Waals surface area contributed by atoms with Gasteiger partial charge in [-0.25, -0.2) is 18.2 Å². The van der Waals surface area contributed by atoms with Crippen molar-refractivity contribution in [2.24, 2.45) is 7.05 Å². The molecule has 1 aromatic heterocycles. The molecule has 100 valence electrons. The van der Waals surface area contributed by atoms with E-state index in [1.165, 1.54) is 7.05 Å². The fourth-order valence-corrected chi connectivity index (χ4v) is 1.84. The first kappa shape index (κ1) is 13.6. The summed E-state index contributed by atoms with van der Waals surface area (Å²) < 4.78 is 40.9. The molecule has 19 heavy (non-hydrogen) atoms. The smallest absolute Gasteiger partial charge is 0.264 e. The van der Waals surface area contributed by atoms with E-state index in [4.69, 9.17) is 11.6 Å². The minimum Gasteiger partial charge on any atom is -0.296 e. The van der Waals surface area contributed by atoms with Crippen molar-refractivity contribution in [2.45, 2.75) is 6.43 Å². The van der Waals surface area contributed by atoms with Crippen molar-refractivity contribution in [3.63, 3.8) is 0 Å². The third-order valence-electron chi connectivity index (χ3n) is 2.65. The summed E-state index contributed by atoms with van der Waals surface area (Å²) in [5.41, 5.74) is -1.50. The highest BCUT2D eigenvalue weighted by atomic mass is 35.5. The summed E-state index contributed by atoms with van der Waals surface area (Å²) in [5.74, 6) is -1.21. The first-order chi connectivity index (χ1) is 8.93. The van der Waals surface area contributed by atoms with Gasteiger partial charge in [-0.1, -0.05) is 17.7 Å². The molecule has 0 atom stereocenters. The van der Waals surface area contributed by atoms with E-state index < -0.39 is 28.9 Å². The summed E-state index contributed by atoms with van der Waals surface area (Å²) in [6, 6.07) is 3.21. The Morgan fingerprint density at radius 3 is 2.63 bits per heavy atom. The highest BCUT2D eigenvalue weighted by Crippen LogP contribution is 2.34. The second kappa shape index (κ2) is 5.05. The van der Waals surface area contributed by atoms with Gasteiger partial charge < -0.3 is 0 Å². The van der Waals surface area contributed by atoms with E-state index >= 15 is 0 Å². The van der Waals surface area contributed by atoms with Crippen LogP contribution in [0.2, 0.25) is 5.02 Å². The summed E-state index contributed by atoms with van der Waals surface area (Å²) in [6.45, 7) is 0. The number of hydrogen-bond acceptors (Lipinski definition) is 2. The molecule has 0 aliphatic carbocycles. The molecule has 1 aromatic carbocycles. The van der Waals surface area contributed by atoms with Crippen LogP contribution in [-0.4, -0.2) is 9.55 Å². The lowest BCUT2D eigenvalue weighted by Crippen LogP contribution is -2.19. The maximum atomic E-state index is 14.0. The summed E-state index contributed by atoms with van der Waals surface area (Å²) in [7, 11) is 1.32. The van der Waals surface area contributed by atoms with Gasteiger partial charge in [-0.05, 0) is 6.07 Å². The van der Waals surface area contributed by atoms with E-state index in [1.807, 2.05) is 0 Å². The lowest BCUT2D eigenvalue weighted by Gasteiger charge is -2.13. The van der Waals surface area contributed by atoms with Crippen LogP contribution in [0.3, 0.4) is 0 Å². The molecular weight excluding hydrogens is 281 g/mol. The molecular formula is C12H8ClF3N2O. The minimum atomic E-state index is -2.90. The molecule has 3 nitrogen and oxygen atoms in total. The van der Waals surface area contributed by atoms with E-state index in [0.29, 0.717) is 0 Å². The van der Waals surface area contributed by atoms with Gasteiger partial charge in [-0.2, -0.15) is 0 Å². The summed E-state index contributed by atoms with van der Waals surface area (Å²) in [6.07, 6.45) is -1.77. The largest absolute Gasteiger partial charge is 0.296 e. The van der Waals surface area contributed by atoms with Crippen molar-refractivity contribution < 1.29 is 13.2 Å². The lowest BCUT2D eigenvalue weighted by atomic mass is 10.1. The van der Waals surface area contributed by atoms with E-state index in [-0.39, 0.29) is 10.8 Å². The molecule has 0 fully saturated rings. The van der Waals surface area contributed by atoms with Crippen LogP contribution in [-0.2, 0) is 7.05 Å². The van der Waals surface area contributed by atoms with Crippen LogP contribution < -0.4 is 5.56 Å². The highest BCUT2D eigenvalue weighted by Gasteiger charge is 2.23. The topological polar surface area (TPSA) is 34.9 Å². The van der Waals surface area contributed by atoms with Crippen molar-refractivity contribution in [2.75, 3.05) is 0 Å². The average Bonchev–Trinajstić information content (AvgIpc) is 2.36. The molecule has 0 aliphatic heterocycles. The van der Waals surface area contributed by atoms with Crippen molar-refractivity contribution in [3.05, 3.63) is 51.2 Å². The number of halogens is 4. The molecule has 0 spiro atoms. The van der Waals surface area contributed by atoms with Crippen molar-refractivity contribution in [3.8, 4) is 11.4 Å². The molecule has 2 rings (SSSR count). The van der Waals surface area contributed by atoms with Gasteiger partial charge in [-0.15, -0.1) is 0 Å². The molecule has 7 heteroatoms. The summed E-state index contributed by atoms with van der Waals surface area (Å²) >= 11 is 5.60. The van der Waals surface area contributed by atoms with Crippen LogP contribution in [0.15, 0.2) is 29.2 Å². The van der Waals surface area contributed by atoms with Gasteiger partial charge in [0, 0.05) is 24.9 Å². The van der Waals surface area contributed by atoms with Gasteiger partial charge in [0.05, 0.1) is 10.6 Å². The maximum absolute atomic E-state index is 14.0. The van der Waals surface area contributed by atoms with Crippen LogP contribution in [0.4, 0.5) is 13.2 Å². The normalized spacial score (nSPS) is 11.1. The SMILES string of the molecule is Cn1c(-c2c(C(F)F)ccc(Cl)c2F)nccc1=O. The Bertz CT molecular complexity index is 685. The highest BCUT2D eigenvalue weighted by molar-refractivity contribution is 6.31. The number of alkyl halides is 2. The first-order valence-electron chi connectivity index (χ1n) is 5.22. The Morgan fingerprint density at radius 1 is 1.32 bits per heavy atom. The van der Waals surface area contributed by atoms with E-state index in [2.05, 4.69) is 4.98 Å². The van der Waals surface area contributed by atoms with Gasteiger partial charge in [0.15, 0.2) is 5.82 Å². The standard InChI is InChI=1S/C12H8ClF3N2O/c1-18-8(19)4-5-17-12(18)9-6(11(15)16)2-3-7(13)10(9)14/h2-5,11H,1H3. The quantitative estimate of drug-likeness (QED) is 0.851. The Balaban J connectivity index is 2.84. The van der Waals surface area contributed by atoms with Crippen LogP contribution in [0.1, 0.15) is 12.0 Å². The average molecular weight is 289 g/mol. The molecule has 0 amide bonds. The summed E-state index contributed by atoms with van der Waals surface area (Å²) in [5, 5.41) is -0.308. The number of hydrogen-bond donors (Lipinski definition) is 0. The number of nitrogens with zero attached hydrogens (tertiary/aromatic N) is 2. The van der Waals surface area contributed by atoms with Crippen LogP contribution in [0, 0.1) is 5.82 Å². The molecule has 0 saturated heterocycles. The molecule has 0 radical (unpaired) electrons. The van der Waals surface area contributed by atoms with Gasteiger partial charge in [0.2, 0.25) is 0 Å². The van der Waals surface area contributed by atoms with E-state index in [1.54, 1.807) is 0 Å². The van der Waals surface area contributed by atoms with Gasteiger partial charge in [0.25, 0.3) is 12.0 Å². The third kappa shape index (κ3) is 2.35. The van der Waals surface area contributed by atoms with Gasteiger partial charge in [0.1, 0.15) is 5.82 Å².